The predicted molar refractivity (Wildman–Crippen MR) is 45.3 cm³/mol. The van der Waals surface area contributed by atoms with Crippen LogP contribution < -0.4 is 0 Å². The molecule has 70 valence electrons. The van der Waals surface area contributed by atoms with Crippen LogP contribution in [0.15, 0.2) is 5.16 Å². The molecule has 1 amide bonds. The summed E-state index contributed by atoms with van der Waals surface area (Å²) in [5.74, 6) is -0.468. The van der Waals surface area contributed by atoms with E-state index in [9.17, 15) is 4.79 Å². The fraction of sp³-hybridized carbons (Fsp3) is 0.625. The molecule has 1 N–H and O–H groups in total. The van der Waals surface area contributed by atoms with Crippen molar-refractivity contribution >= 4 is 11.6 Å². The Morgan fingerprint density at radius 3 is 2.46 bits per heavy atom. The minimum atomic E-state index is -0.468. The van der Waals surface area contributed by atoms with Gasteiger partial charge in [-0.2, -0.15) is 5.26 Å². The van der Waals surface area contributed by atoms with Gasteiger partial charge in [0.25, 0.3) is 5.91 Å². The van der Waals surface area contributed by atoms with E-state index in [-0.39, 0.29) is 0 Å². The maximum Gasteiger partial charge on any atom is 0.286 e. The van der Waals surface area contributed by atoms with Gasteiger partial charge in [-0.15, -0.1) is 0 Å². The van der Waals surface area contributed by atoms with Crippen LogP contribution in [0.5, 0.6) is 0 Å². The fourth-order valence-electron chi connectivity index (χ4n) is 1.36. The SMILES string of the molecule is N#C/C(=N/O)C(=O)N1CCCCC1. The zero-order valence-electron chi connectivity index (χ0n) is 7.23. The average Bonchev–Trinajstić information content (AvgIpc) is 2.21. The number of likely N-dealkylation sites (tertiary alicyclic amines) is 1. The van der Waals surface area contributed by atoms with E-state index in [2.05, 4.69) is 5.16 Å². The molecule has 1 heterocycles. The number of nitriles is 1. The van der Waals surface area contributed by atoms with Crippen LogP contribution >= 0.6 is 0 Å². The first-order chi connectivity index (χ1) is 6.29. The van der Waals surface area contributed by atoms with Gasteiger partial charge < -0.3 is 10.1 Å². The molecule has 1 aliphatic heterocycles. The van der Waals surface area contributed by atoms with Crippen molar-refractivity contribution in [2.45, 2.75) is 19.3 Å². The lowest BCUT2D eigenvalue weighted by Crippen LogP contribution is -2.39. The summed E-state index contributed by atoms with van der Waals surface area (Å²) >= 11 is 0. The third kappa shape index (κ3) is 2.18. The predicted octanol–water partition coefficient (Wildman–Crippen LogP) is 0.353. The molecule has 0 atom stereocenters. The highest BCUT2D eigenvalue weighted by molar-refractivity contribution is 6.44. The largest absolute Gasteiger partial charge is 0.410 e. The van der Waals surface area contributed by atoms with Crippen molar-refractivity contribution in [2.24, 2.45) is 5.16 Å². The maximum absolute atomic E-state index is 11.4. The van der Waals surface area contributed by atoms with Crippen molar-refractivity contribution in [3.05, 3.63) is 0 Å². The van der Waals surface area contributed by atoms with Crippen molar-refractivity contribution in [1.82, 2.24) is 4.90 Å². The van der Waals surface area contributed by atoms with Crippen LogP contribution in [0.4, 0.5) is 0 Å². The first-order valence-electron chi connectivity index (χ1n) is 4.21. The summed E-state index contributed by atoms with van der Waals surface area (Å²) in [5, 5.41) is 19.4. The number of carbonyl (C=O) groups excluding carboxylic acids is 1. The third-order valence-corrected chi connectivity index (χ3v) is 2.05. The number of rotatable bonds is 1. The van der Waals surface area contributed by atoms with Gasteiger partial charge in [0.1, 0.15) is 6.07 Å². The zero-order chi connectivity index (χ0) is 9.68. The summed E-state index contributed by atoms with van der Waals surface area (Å²) in [6.45, 7) is 1.30. The molecule has 5 heteroatoms. The standard InChI is InChI=1S/C8H11N3O2/c9-6-7(10-13)8(12)11-4-2-1-3-5-11/h13H,1-5H2/b10-7-. The molecule has 5 nitrogen and oxygen atoms in total. The van der Waals surface area contributed by atoms with Crippen LogP contribution in [0.2, 0.25) is 0 Å². The molecule has 13 heavy (non-hydrogen) atoms. The summed E-state index contributed by atoms with van der Waals surface area (Å²) in [6, 6.07) is 1.56. The number of piperidine rings is 1. The highest BCUT2D eigenvalue weighted by atomic mass is 16.4. The highest BCUT2D eigenvalue weighted by Gasteiger charge is 2.21. The van der Waals surface area contributed by atoms with E-state index < -0.39 is 11.6 Å². The lowest BCUT2D eigenvalue weighted by molar-refractivity contribution is -0.124. The molecule has 0 aromatic carbocycles. The molecule has 0 saturated carbocycles. The molecule has 0 bridgehead atoms. The van der Waals surface area contributed by atoms with Crippen LogP contribution in [0, 0.1) is 11.3 Å². The number of carbonyl (C=O) groups is 1. The molecular formula is C8H11N3O2. The Hall–Kier alpha value is -1.57. The Morgan fingerprint density at radius 2 is 2.00 bits per heavy atom. The van der Waals surface area contributed by atoms with E-state index in [1.807, 2.05) is 0 Å². The van der Waals surface area contributed by atoms with Gasteiger partial charge in [-0.25, -0.2) is 0 Å². The number of amides is 1. The summed E-state index contributed by atoms with van der Waals surface area (Å²) < 4.78 is 0. The van der Waals surface area contributed by atoms with Gasteiger partial charge in [-0.05, 0) is 19.3 Å². The van der Waals surface area contributed by atoms with E-state index in [4.69, 9.17) is 10.5 Å². The lowest BCUT2D eigenvalue weighted by Gasteiger charge is -2.25. The summed E-state index contributed by atoms with van der Waals surface area (Å²) in [4.78, 5) is 12.9. The minimum absolute atomic E-state index is 0.429. The molecular weight excluding hydrogens is 170 g/mol. The van der Waals surface area contributed by atoms with Crippen molar-refractivity contribution in [1.29, 1.82) is 5.26 Å². The van der Waals surface area contributed by atoms with Gasteiger partial charge in [0, 0.05) is 13.1 Å². The number of hydrogen-bond donors (Lipinski definition) is 1. The normalized spacial score (nSPS) is 18.1. The van der Waals surface area contributed by atoms with E-state index >= 15 is 0 Å². The first kappa shape index (κ1) is 9.52. The Labute approximate surface area is 76.2 Å². The van der Waals surface area contributed by atoms with Gasteiger partial charge in [0.15, 0.2) is 0 Å². The second-order valence-corrected chi connectivity index (χ2v) is 2.91. The second kappa shape index (κ2) is 4.45. The van der Waals surface area contributed by atoms with Gasteiger partial charge in [-0.3, -0.25) is 4.79 Å². The smallest absolute Gasteiger partial charge is 0.286 e. The van der Waals surface area contributed by atoms with E-state index in [0.29, 0.717) is 13.1 Å². The van der Waals surface area contributed by atoms with E-state index in [0.717, 1.165) is 19.3 Å². The molecule has 1 rings (SSSR count). The summed E-state index contributed by atoms with van der Waals surface area (Å²) in [5.41, 5.74) is -0.429. The van der Waals surface area contributed by atoms with Crippen molar-refractivity contribution in [2.75, 3.05) is 13.1 Å². The number of nitrogens with zero attached hydrogens (tertiary/aromatic N) is 3. The van der Waals surface area contributed by atoms with E-state index in [1.54, 1.807) is 11.0 Å². The van der Waals surface area contributed by atoms with Crippen LogP contribution in [0.25, 0.3) is 0 Å². The lowest BCUT2D eigenvalue weighted by atomic mass is 10.1. The van der Waals surface area contributed by atoms with Crippen molar-refractivity contribution < 1.29 is 10.0 Å². The first-order valence-corrected chi connectivity index (χ1v) is 4.21. The molecule has 0 aromatic heterocycles. The quantitative estimate of drug-likeness (QED) is 0.360. The van der Waals surface area contributed by atoms with Gasteiger partial charge >= 0.3 is 0 Å². The van der Waals surface area contributed by atoms with E-state index in [1.165, 1.54) is 0 Å². The average molecular weight is 181 g/mol. The molecule has 0 aromatic rings. The third-order valence-electron chi connectivity index (χ3n) is 2.05. The van der Waals surface area contributed by atoms with Crippen LogP contribution in [-0.4, -0.2) is 34.8 Å². The molecule has 1 aliphatic rings. The topological polar surface area (TPSA) is 76.7 Å². The number of oxime groups is 1. The van der Waals surface area contributed by atoms with Crippen molar-refractivity contribution in [3.63, 3.8) is 0 Å². The minimum Gasteiger partial charge on any atom is -0.410 e. The Bertz CT molecular complexity index is 261. The van der Waals surface area contributed by atoms with Crippen molar-refractivity contribution in [3.8, 4) is 6.07 Å². The zero-order valence-corrected chi connectivity index (χ0v) is 7.23. The highest BCUT2D eigenvalue weighted by Crippen LogP contribution is 2.08. The summed E-state index contributed by atoms with van der Waals surface area (Å²) in [7, 11) is 0. The second-order valence-electron chi connectivity index (χ2n) is 2.91. The Kier molecular flexibility index (Phi) is 3.26. The fourth-order valence-corrected chi connectivity index (χ4v) is 1.36. The van der Waals surface area contributed by atoms with Gasteiger partial charge in [0.2, 0.25) is 5.71 Å². The maximum atomic E-state index is 11.4. The molecule has 1 saturated heterocycles. The van der Waals surface area contributed by atoms with Gasteiger partial charge in [-0.1, -0.05) is 5.16 Å². The van der Waals surface area contributed by atoms with Gasteiger partial charge in [0.05, 0.1) is 0 Å². The van der Waals surface area contributed by atoms with Crippen LogP contribution in [0.3, 0.4) is 0 Å². The molecule has 0 radical (unpaired) electrons. The Balaban J connectivity index is 2.61. The monoisotopic (exact) mass is 181 g/mol. The van der Waals surface area contributed by atoms with Crippen LogP contribution in [0.1, 0.15) is 19.3 Å². The number of hydrogen-bond acceptors (Lipinski definition) is 4. The summed E-state index contributed by atoms with van der Waals surface area (Å²) in [6.07, 6.45) is 3.02. The van der Waals surface area contributed by atoms with Crippen LogP contribution in [-0.2, 0) is 4.79 Å². The molecule has 0 unspecified atom stereocenters. The Morgan fingerprint density at radius 1 is 1.38 bits per heavy atom. The molecule has 0 aliphatic carbocycles. The molecule has 0 spiro atoms. The molecule has 1 fully saturated rings.